The van der Waals surface area contributed by atoms with Crippen molar-refractivity contribution in [2.75, 3.05) is 45.2 Å². The molecule has 5 heteroatoms. The number of rotatable bonds is 3. The molecule has 1 aliphatic heterocycles. The van der Waals surface area contributed by atoms with Gasteiger partial charge in [-0.15, -0.1) is 0 Å². The van der Waals surface area contributed by atoms with Crippen LogP contribution in [0, 0.1) is 6.92 Å². The Morgan fingerprint density at radius 2 is 2.06 bits per heavy atom. The van der Waals surface area contributed by atoms with E-state index in [4.69, 9.17) is 0 Å². The standard InChI is InChI=1S/C12H21N5/c1-10-11(8-14-12(15-10)16(2)3)9-17-6-4-13-5-7-17/h8,13H,4-7,9H2,1-3H3. The van der Waals surface area contributed by atoms with E-state index in [9.17, 15) is 0 Å². The van der Waals surface area contributed by atoms with E-state index in [1.807, 2.05) is 25.2 Å². The summed E-state index contributed by atoms with van der Waals surface area (Å²) in [5.41, 5.74) is 2.32. The number of aryl methyl sites for hydroxylation is 1. The van der Waals surface area contributed by atoms with Crippen molar-refractivity contribution in [3.05, 3.63) is 17.5 Å². The molecule has 0 atom stereocenters. The molecule has 0 spiro atoms. The van der Waals surface area contributed by atoms with Crippen LogP contribution in [0.15, 0.2) is 6.20 Å². The highest BCUT2D eigenvalue weighted by atomic mass is 15.2. The molecule has 2 rings (SSSR count). The summed E-state index contributed by atoms with van der Waals surface area (Å²) in [7, 11) is 3.93. The molecule has 1 aliphatic rings. The van der Waals surface area contributed by atoms with Gasteiger partial charge in [-0.1, -0.05) is 0 Å². The zero-order valence-electron chi connectivity index (χ0n) is 10.9. The predicted molar refractivity (Wildman–Crippen MR) is 69.2 cm³/mol. The second-order valence-electron chi connectivity index (χ2n) is 4.70. The summed E-state index contributed by atoms with van der Waals surface area (Å²) >= 11 is 0. The first-order valence-corrected chi connectivity index (χ1v) is 6.10. The van der Waals surface area contributed by atoms with Crippen molar-refractivity contribution < 1.29 is 0 Å². The monoisotopic (exact) mass is 235 g/mol. The van der Waals surface area contributed by atoms with E-state index in [0.717, 1.165) is 44.4 Å². The number of aromatic nitrogens is 2. The fourth-order valence-electron chi connectivity index (χ4n) is 1.96. The minimum absolute atomic E-state index is 0.784. The zero-order chi connectivity index (χ0) is 12.3. The predicted octanol–water partition coefficient (Wildman–Crippen LogP) is 0.256. The molecule has 0 bridgehead atoms. The third-order valence-corrected chi connectivity index (χ3v) is 3.07. The van der Waals surface area contributed by atoms with Crippen LogP contribution in [-0.4, -0.2) is 55.1 Å². The average molecular weight is 235 g/mol. The van der Waals surface area contributed by atoms with Gasteiger partial charge >= 0.3 is 0 Å². The van der Waals surface area contributed by atoms with Crippen LogP contribution in [0.5, 0.6) is 0 Å². The first kappa shape index (κ1) is 12.3. The molecule has 1 aromatic heterocycles. The van der Waals surface area contributed by atoms with E-state index >= 15 is 0 Å². The Kier molecular flexibility index (Phi) is 3.91. The topological polar surface area (TPSA) is 44.3 Å². The molecule has 0 saturated carbocycles. The van der Waals surface area contributed by atoms with Crippen LogP contribution in [0.25, 0.3) is 0 Å². The van der Waals surface area contributed by atoms with Gasteiger partial charge in [0.15, 0.2) is 0 Å². The Balaban J connectivity index is 2.05. The largest absolute Gasteiger partial charge is 0.347 e. The van der Waals surface area contributed by atoms with Gasteiger partial charge in [0.2, 0.25) is 5.95 Å². The van der Waals surface area contributed by atoms with Crippen molar-refractivity contribution in [3.8, 4) is 0 Å². The van der Waals surface area contributed by atoms with Gasteiger partial charge in [0, 0.05) is 64.3 Å². The van der Waals surface area contributed by atoms with Crippen molar-refractivity contribution in [1.29, 1.82) is 0 Å². The molecular formula is C12H21N5. The normalized spacial score (nSPS) is 17.1. The van der Waals surface area contributed by atoms with Gasteiger partial charge in [-0.05, 0) is 6.92 Å². The minimum Gasteiger partial charge on any atom is -0.347 e. The molecule has 1 aromatic rings. The van der Waals surface area contributed by atoms with Crippen molar-refractivity contribution >= 4 is 5.95 Å². The van der Waals surface area contributed by atoms with Gasteiger partial charge in [0.05, 0.1) is 0 Å². The smallest absolute Gasteiger partial charge is 0.224 e. The summed E-state index contributed by atoms with van der Waals surface area (Å²) in [5.74, 6) is 0.784. The minimum atomic E-state index is 0.784. The van der Waals surface area contributed by atoms with E-state index in [1.165, 1.54) is 5.56 Å². The lowest BCUT2D eigenvalue weighted by molar-refractivity contribution is 0.232. The molecule has 94 valence electrons. The van der Waals surface area contributed by atoms with Crippen molar-refractivity contribution in [2.45, 2.75) is 13.5 Å². The Morgan fingerprint density at radius 3 is 2.65 bits per heavy atom. The number of nitrogens with one attached hydrogen (secondary N) is 1. The average Bonchev–Trinajstić information content (AvgIpc) is 2.33. The molecule has 1 fully saturated rings. The number of piperazine rings is 1. The molecule has 0 aromatic carbocycles. The molecule has 5 nitrogen and oxygen atoms in total. The van der Waals surface area contributed by atoms with Crippen LogP contribution in [-0.2, 0) is 6.54 Å². The first-order chi connectivity index (χ1) is 8.16. The van der Waals surface area contributed by atoms with E-state index in [0.29, 0.717) is 0 Å². The zero-order valence-corrected chi connectivity index (χ0v) is 10.9. The van der Waals surface area contributed by atoms with Crippen LogP contribution in [0.2, 0.25) is 0 Å². The second-order valence-corrected chi connectivity index (χ2v) is 4.70. The third-order valence-electron chi connectivity index (χ3n) is 3.07. The Labute approximate surface area is 103 Å². The first-order valence-electron chi connectivity index (χ1n) is 6.10. The fraction of sp³-hybridized carbons (Fsp3) is 0.667. The van der Waals surface area contributed by atoms with Crippen molar-refractivity contribution in [3.63, 3.8) is 0 Å². The van der Waals surface area contributed by atoms with Crippen LogP contribution in [0.3, 0.4) is 0 Å². The summed E-state index contributed by atoms with van der Waals surface area (Å²) in [6.45, 7) is 7.39. The van der Waals surface area contributed by atoms with Crippen molar-refractivity contribution in [1.82, 2.24) is 20.2 Å². The lowest BCUT2D eigenvalue weighted by Crippen LogP contribution is -2.43. The fourth-order valence-corrected chi connectivity index (χ4v) is 1.96. The second kappa shape index (κ2) is 5.42. The van der Waals surface area contributed by atoms with Crippen molar-refractivity contribution in [2.24, 2.45) is 0 Å². The van der Waals surface area contributed by atoms with Crippen LogP contribution >= 0.6 is 0 Å². The maximum Gasteiger partial charge on any atom is 0.224 e. The Bertz CT molecular complexity index is 371. The van der Waals surface area contributed by atoms with E-state index in [2.05, 4.69) is 27.1 Å². The molecule has 2 heterocycles. The summed E-state index contributed by atoms with van der Waals surface area (Å²) < 4.78 is 0. The molecular weight excluding hydrogens is 214 g/mol. The molecule has 1 N–H and O–H groups in total. The molecule has 0 aliphatic carbocycles. The van der Waals surface area contributed by atoms with E-state index in [-0.39, 0.29) is 0 Å². The summed E-state index contributed by atoms with van der Waals surface area (Å²) in [5, 5.41) is 3.36. The molecule has 17 heavy (non-hydrogen) atoms. The van der Waals surface area contributed by atoms with Crippen LogP contribution in [0.4, 0.5) is 5.95 Å². The quantitative estimate of drug-likeness (QED) is 0.814. The number of hydrogen-bond acceptors (Lipinski definition) is 5. The molecule has 0 unspecified atom stereocenters. The molecule has 0 radical (unpaired) electrons. The van der Waals surface area contributed by atoms with Crippen LogP contribution in [0.1, 0.15) is 11.3 Å². The van der Waals surface area contributed by atoms with Gasteiger partial charge in [-0.25, -0.2) is 9.97 Å². The maximum atomic E-state index is 4.51. The van der Waals surface area contributed by atoms with Gasteiger partial charge in [0.1, 0.15) is 0 Å². The van der Waals surface area contributed by atoms with Crippen LogP contribution < -0.4 is 10.2 Å². The van der Waals surface area contributed by atoms with Gasteiger partial charge in [-0.3, -0.25) is 4.90 Å². The van der Waals surface area contributed by atoms with Gasteiger partial charge in [0.25, 0.3) is 0 Å². The third kappa shape index (κ3) is 3.14. The number of hydrogen-bond donors (Lipinski definition) is 1. The van der Waals surface area contributed by atoms with Gasteiger partial charge in [-0.2, -0.15) is 0 Å². The Morgan fingerprint density at radius 1 is 1.35 bits per heavy atom. The Hall–Kier alpha value is -1.20. The maximum absolute atomic E-state index is 4.51. The number of anilines is 1. The summed E-state index contributed by atoms with van der Waals surface area (Å²) in [6, 6.07) is 0. The number of nitrogens with zero attached hydrogens (tertiary/aromatic N) is 4. The highest BCUT2D eigenvalue weighted by Gasteiger charge is 2.12. The lowest BCUT2D eigenvalue weighted by atomic mass is 10.2. The molecule has 0 amide bonds. The van der Waals surface area contributed by atoms with E-state index < -0.39 is 0 Å². The van der Waals surface area contributed by atoms with E-state index in [1.54, 1.807) is 0 Å². The summed E-state index contributed by atoms with van der Waals surface area (Å²) in [6.07, 6.45) is 1.96. The highest BCUT2D eigenvalue weighted by Crippen LogP contribution is 2.11. The molecule has 1 saturated heterocycles. The lowest BCUT2D eigenvalue weighted by Gasteiger charge is -2.27. The highest BCUT2D eigenvalue weighted by molar-refractivity contribution is 5.30. The SMILES string of the molecule is Cc1nc(N(C)C)ncc1CN1CCNCC1. The van der Waals surface area contributed by atoms with Gasteiger partial charge < -0.3 is 10.2 Å². The summed E-state index contributed by atoms with van der Waals surface area (Å²) in [4.78, 5) is 13.3.